The zero-order valence-corrected chi connectivity index (χ0v) is 16.6. The van der Waals surface area contributed by atoms with Gasteiger partial charge in [-0.2, -0.15) is 13.8 Å². The Hall–Kier alpha value is -3.95. The Bertz CT molecular complexity index is 1050. The van der Waals surface area contributed by atoms with E-state index in [1.807, 2.05) is 0 Å². The molecular weight excluding hydrogens is 414 g/mol. The quantitative estimate of drug-likeness (QED) is 0.368. The first-order valence-electron chi connectivity index (χ1n) is 8.93. The van der Waals surface area contributed by atoms with Crippen molar-refractivity contribution in [1.29, 1.82) is 0 Å². The highest BCUT2D eigenvalue weighted by atomic mass is 19.3. The summed E-state index contributed by atoms with van der Waals surface area (Å²) < 4.78 is 49.3. The zero-order valence-electron chi connectivity index (χ0n) is 16.6. The molecule has 0 spiro atoms. The molecule has 2 aromatic carbocycles. The number of alkyl halides is 2. The average molecular weight is 432 g/mol. The number of carbonyl (C=O) groups excluding carboxylic acids is 1. The van der Waals surface area contributed by atoms with Gasteiger partial charge < -0.3 is 23.5 Å². The number of nitrogens with zero attached hydrogens (tertiary/aromatic N) is 2. The van der Waals surface area contributed by atoms with E-state index in [4.69, 9.17) is 18.7 Å². The minimum atomic E-state index is -2.97. The number of methoxy groups -OCH3 is 2. The van der Waals surface area contributed by atoms with Crippen LogP contribution in [-0.4, -0.2) is 36.9 Å². The van der Waals surface area contributed by atoms with Crippen LogP contribution in [-0.2, 0) is 16.1 Å². The lowest BCUT2D eigenvalue weighted by Crippen LogP contribution is -2.03. The first-order valence-corrected chi connectivity index (χ1v) is 8.93. The molecule has 3 aromatic rings. The molecule has 0 radical (unpaired) electrons. The smallest absolute Gasteiger partial charge is 0.387 e. The molecule has 10 heteroatoms. The Balaban J connectivity index is 1.56. The van der Waals surface area contributed by atoms with Gasteiger partial charge in [0.2, 0.25) is 5.82 Å². The van der Waals surface area contributed by atoms with Gasteiger partial charge >= 0.3 is 12.6 Å². The second-order valence-electron chi connectivity index (χ2n) is 5.97. The van der Waals surface area contributed by atoms with E-state index in [9.17, 15) is 13.6 Å². The highest BCUT2D eigenvalue weighted by Gasteiger charge is 2.12. The topological polar surface area (TPSA) is 92.9 Å². The molecule has 0 aliphatic rings. The van der Waals surface area contributed by atoms with Crippen molar-refractivity contribution in [2.75, 3.05) is 14.2 Å². The monoisotopic (exact) mass is 432 g/mol. The first kappa shape index (κ1) is 21.8. The number of aromatic nitrogens is 2. The molecule has 0 saturated carbocycles. The van der Waals surface area contributed by atoms with Gasteiger partial charge in [0.05, 0.1) is 14.2 Å². The molecule has 8 nitrogen and oxygen atoms in total. The van der Waals surface area contributed by atoms with Gasteiger partial charge in [-0.05, 0) is 48.0 Å². The standard InChI is InChI=1S/C21H18F2N2O6/c1-27-15-7-5-14(6-8-15)20-24-18(31-25-20)12-29-19(26)10-4-13-3-9-16(30-21(22)23)17(11-13)28-2/h3-11,21H,12H2,1-2H3/b10-4+. The lowest BCUT2D eigenvalue weighted by atomic mass is 10.2. The molecule has 3 rings (SSSR count). The molecule has 0 fully saturated rings. The second kappa shape index (κ2) is 10.2. The van der Waals surface area contributed by atoms with Gasteiger partial charge in [0.1, 0.15) is 5.75 Å². The Kier molecular flexibility index (Phi) is 7.15. The van der Waals surface area contributed by atoms with E-state index in [0.717, 1.165) is 5.56 Å². The molecule has 31 heavy (non-hydrogen) atoms. The highest BCUT2D eigenvalue weighted by molar-refractivity contribution is 5.87. The van der Waals surface area contributed by atoms with Gasteiger partial charge in [-0.15, -0.1) is 0 Å². The third-order valence-electron chi connectivity index (χ3n) is 3.97. The SMILES string of the molecule is COc1ccc(-c2noc(COC(=O)/C=C/c3ccc(OC(F)F)c(OC)c3)n2)cc1. The van der Waals surface area contributed by atoms with E-state index in [1.165, 1.54) is 37.5 Å². The predicted molar refractivity (Wildman–Crippen MR) is 105 cm³/mol. The van der Waals surface area contributed by atoms with Crippen molar-refractivity contribution in [1.82, 2.24) is 10.1 Å². The molecule has 0 aliphatic heterocycles. The van der Waals surface area contributed by atoms with Crippen LogP contribution in [0.15, 0.2) is 53.1 Å². The van der Waals surface area contributed by atoms with Crippen molar-refractivity contribution in [3.05, 3.63) is 60.0 Å². The van der Waals surface area contributed by atoms with Crippen LogP contribution in [0.4, 0.5) is 8.78 Å². The van der Waals surface area contributed by atoms with Crippen LogP contribution in [0.2, 0.25) is 0 Å². The third-order valence-corrected chi connectivity index (χ3v) is 3.97. The van der Waals surface area contributed by atoms with Crippen LogP contribution in [0.25, 0.3) is 17.5 Å². The summed E-state index contributed by atoms with van der Waals surface area (Å²) in [6, 6.07) is 11.3. The summed E-state index contributed by atoms with van der Waals surface area (Å²) in [5, 5.41) is 3.85. The molecule has 0 bridgehead atoms. The molecule has 0 amide bonds. The number of benzene rings is 2. The fourth-order valence-electron chi connectivity index (χ4n) is 2.50. The van der Waals surface area contributed by atoms with Crippen LogP contribution >= 0.6 is 0 Å². The average Bonchev–Trinajstić information content (AvgIpc) is 3.25. The summed E-state index contributed by atoms with van der Waals surface area (Å²) in [5.74, 6) is 0.511. The Morgan fingerprint density at radius 2 is 1.87 bits per heavy atom. The zero-order chi connectivity index (χ0) is 22.2. The summed E-state index contributed by atoms with van der Waals surface area (Å²) in [6.07, 6.45) is 2.61. The lowest BCUT2D eigenvalue weighted by Gasteiger charge is -2.10. The summed E-state index contributed by atoms with van der Waals surface area (Å²) >= 11 is 0. The number of halogens is 2. The van der Waals surface area contributed by atoms with Crippen LogP contribution in [0, 0.1) is 0 Å². The van der Waals surface area contributed by atoms with Crippen molar-refractivity contribution in [2.24, 2.45) is 0 Å². The molecule has 162 valence electrons. The molecule has 0 unspecified atom stereocenters. The molecule has 0 aliphatic carbocycles. The second-order valence-corrected chi connectivity index (χ2v) is 5.97. The Morgan fingerprint density at radius 1 is 1.10 bits per heavy atom. The van der Waals surface area contributed by atoms with Crippen LogP contribution in [0.5, 0.6) is 17.2 Å². The third kappa shape index (κ3) is 6.01. The van der Waals surface area contributed by atoms with Gasteiger partial charge in [-0.1, -0.05) is 11.2 Å². The number of rotatable bonds is 9. The van der Waals surface area contributed by atoms with Crippen LogP contribution in [0.3, 0.4) is 0 Å². The number of hydrogen-bond acceptors (Lipinski definition) is 8. The Morgan fingerprint density at radius 3 is 2.55 bits per heavy atom. The van der Waals surface area contributed by atoms with Gasteiger partial charge in [0, 0.05) is 11.6 Å². The minimum absolute atomic E-state index is 0.104. The minimum Gasteiger partial charge on any atom is -0.497 e. The van der Waals surface area contributed by atoms with E-state index in [2.05, 4.69) is 14.9 Å². The van der Waals surface area contributed by atoms with E-state index < -0.39 is 12.6 Å². The van der Waals surface area contributed by atoms with Crippen LogP contribution in [0.1, 0.15) is 11.5 Å². The highest BCUT2D eigenvalue weighted by Crippen LogP contribution is 2.29. The molecule has 0 atom stereocenters. The normalized spacial score (nSPS) is 11.0. The van der Waals surface area contributed by atoms with Crippen molar-refractivity contribution in [3.8, 4) is 28.6 Å². The van der Waals surface area contributed by atoms with Crippen molar-refractivity contribution in [2.45, 2.75) is 13.2 Å². The molecule has 1 aromatic heterocycles. The molecular formula is C21H18F2N2O6. The maximum Gasteiger partial charge on any atom is 0.387 e. The fraction of sp³-hybridized carbons (Fsp3) is 0.190. The molecule has 1 heterocycles. The van der Waals surface area contributed by atoms with E-state index >= 15 is 0 Å². The van der Waals surface area contributed by atoms with E-state index in [0.29, 0.717) is 17.1 Å². The summed E-state index contributed by atoms with van der Waals surface area (Å²) in [7, 11) is 2.89. The van der Waals surface area contributed by atoms with E-state index in [1.54, 1.807) is 31.4 Å². The summed E-state index contributed by atoms with van der Waals surface area (Å²) in [4.78, 5) is 16.1. The first-order chi connectivity index (χ1) is 15.0. The lowest BCUT2D eigenvalue weighted by molar-refractivity contribution is -0.139. The largest absolute Gasteiger partial charge is 0.497 e. The fourth-order valence-corrected chi connectivity index (χ4v) is 2.50. The summed E-state index contributed by atoms with van der Waals surface area (Å²) in [6.45, 7) is -3.18. The van der Waals surface area contributed by atoms with Crippen molar-refractivity contribution < 1.29 is 37.0 Å². The van der Waals surface area contributed by atoms with Gasteiger partial charge in [0.25, 0.3) is 5.89 Å². The molecule has 0 saturated heterocycles. The number of carbonyl (C=O) groups is 1. The van der Waals surface area contributed by atoms with Crippen molar-refractivity contribution >= 4 is 12.0 Å². The number of ether oxygens (including phenoxy) is 4. The van der Waals surface area contributed by atoms with Crippen molar-refractivity contribution in [3.63, 3.8) is 0 Å². The Labute approximate surface area is 176 Å². The number of hydrogen-bond donors (Lipinski definition) is 0. The van der Waals surface area contributed by atoms with Gasteiger partial charge in [0.15, 0.2) is 18.1 Å². The summed E-state index contributed by atoms with van der Waals surface area (Å²) in [5.41, 5.74) is 1.24. The van der Waals surface area contributed by atoms with E-state index in [-0.39, 0.29) is 24.0 Å². The van der Waals surface area contributed by atoms with Crippen LogP contribution < -0.4 is 14.2 Å². The van der Waals surface area contributed by atoms with Gasteiger partial charge in [-0.3, -0.25) is 0 Å². The molecule has 0 N–H and O–H groups in total. The maximum absolute atomic E-state index is 12.4. The van der Waals surface area contributed by atoms with Gasteiger partial charge in [-0.25, -0.2) is 4.79 Å². The predicted octanol–water partition coefficient (Wildman–Crippen LogP) is 4.11. The maximum atomic E-state index is 12.4. The number of esters is 1.